The molecule has 2 aromatic heterocycles. The molecule has 3 heterocycles. The van der Waals surface area contributed by atoms with E-state index in [2.05, 4.69) is 43.1 Å². The first-order chi connectivity index (χ1) is 15.8. The third-order valence-electron chi connectivity index (χ3n) is 5.83. The van der Waals surface area contributed by atoms with Gasteiger partial charge in [-0.2, -0.15) is 0 Å². The van der Waals surface area contributed by atoms with Crippen LogP contribution in [0.1, 0.15) is 6.42 Å². The Bertz CT molecular complexity index is 1190. The van der Waals surface area contributed by atoms with Crippen molar-refractivity contribution in [1.82, 2.24) is 19.4 Å². The van der Waals surface area contributed by atoms with Crippen molar-refractivity contribution in [2.24, 2.45) is 0 Å². The number of nitrogens with one attached hydrogen (secondary N) is 1. The zero-order valence-corrected chi connectivity index (χ0v) is 18.6. The Labute approximate surface area is 192 Å². The Kier molecular flexibility index (Phi) is 6.34. The van der Waals surface area contributed by atoms with E-state index in [1.165, 1.54) is 0 Å². The fourth-order valence-electron chi connectivity index (χ4n) is 4.20. The minimum absolute atomic E-state index is 0.683. The van der Waals surface area contributed by atoms with Crippen molar-refractivity contribution in [3.05, 3.63) is 72.1 Å². The molecular formula is C25H26ClN5O. The van der Waals surface area contributed by atoms with Crippen molar-refractivity contribution in [3.8, 4) is 16.8 Å². The highest BCUT2D eigenvalue weighted by molar-refractivity contribution is 6.32. The first-order valence-corrected chi connectivity index (χ1v) is 11.4. The van der Waals surface area contributed by atoms with Crippen LogP contribution in [0.15, 0.2) is 67.1 Å². The summed E-state index contributed by atoms with van der Waals surface area (Å²) in [5.41, 5.74) is 3.94. The minimum Gasteiger partial charge on any atom is -0.379 e. The van der Waals surface area contributed by atoms with Gasteiger partial charge in [-0.3, -0.25) is 9.47 Å². The Morgan fingerprint density at radius 2 is 1.75 bits per heavy atom. The summed E-state index contributed by atoms with van der Waals surface area (Å²) >= 11 is 6.54. The van der Waals surface area contributed by atoms with E-state index in [9.17, 15) is 0 Å². The van der Waals surface area contributed by atoms with E-state index in [-0.39, 0.29) is 0 Å². The van der Waals surface area contributed by atoms with Crippen LogP contribution in [0.4, 0.5) is 5.82 Å². The van der Waals surface area contributed by atoms with Gasteiger partial charge in [-0.05, 0) is 30.7 Å². The highest BCUT2D eigenvalue weighted by atomic mass is 35.5. The normalized spacial score (nSPS) is 14.7. The smallest absolute Gasteiger partial charge is 0.150 e. The minimum atomic E-state index is 0.683. The molecule has 0 bridgehead atoms. The average molecular weight is 448 g/mol. The molecule has 0 saturated carbocycles. The summed E-state index contributed by atoms with van der Waals surface area (Å²) in [5, 5.41) is 5.25. The van der Waals surface area contributed by atoms with Crippen molar-refractivity contribution >= 4 is 28.5 Å². The number of benzene rings is 2. The number of fused-ring (bicyclic) bond motifs is 1. The molecule has 0 atom stereocenters. The lowest BCUT2D eigenvalue weighted by Crippen LogP contribution is -2.37. The molecule has 1 fully saturated rings. The maximum Gasteiger partial charge on any atom is 0.150 e. The van der Waals surface area contributed by atoms with Gasteiger partial charge in [-0.15, -0.1) is 0 Å². The number of anilines is 1. The third-order valence-corrected chi connectivity index (χ3v) is 6.15. The van der Waals surface area contributed by atoms with Gasteiger partial charge in [0.15, 0.2) is 5.65 Å². The van der Waals surface area contributed by atoms with Crippen LogP contribution in [-0.4, -0.2) is 58.8 Å². The van der Waals surface area contributed by atoms with Crippen LogP contribution < -0.4 is 5.32 Å². The van der Waals surface area contributed by atoms with Crippen LogP contribution >= 0.6 is 11.6 Å². The highest BCUT2D eigenvalue weighted by Gasteiger charge is 2.18. The number of halogens is 1. The van der Waals surface area contributed by atoms with Crippen LogP contribution in [0.5, 0.6) is 0 Å². The second-order valence-corrected chi connectivity index (χ2v) is 8.29. The van der Waals surface area contributed by atoms with Crippen molar-refractivity contribution in [1.29, 1.82) is 0 Å². The molecule has 1 aliphatic rings. The van der Waals surface area contributed by atoms with E-state index in [1.807, 2.05) is 42.5 Å². The zero-order valence-electron chi connectivity index (χ0n) is 17.9. The molecule has 32 heavy (non-hydrogen) atoms. The summed E-state index contributed by atoms with van der Waals surface area (Å²) < 4.78 is 7.50. The van der Waals surface area contributed by atoms with Gasteiger partial charge < -0.3 is 10.1 Å². The zero-order chi connectivity index (χ0) is 21.8. The number of para-hydroxylation sites is 1. The van der Waals surface area contributed by atoms with E-state index in [0.29, 0.717) is 5.02 Å². The van der Waals surface area contributed by atoms with E-state index in [1.54, 1.807) is 6.33 Å². The second kappa shape index (κ2) is 9.69. The Morgan fingerprint density at radius 3 is 2.56 bits per heavy atom. The molecule has 164 valence electrons. The summed E-state index contributed by atoms with van der Waals surface area (Å²) in [6.07, 6.45) is 4.76. The monoisotopic (exact) mass is 447 g/mol. The number of rotatable bonds is 7. The van der Waals surface area contributed by atoms with Crippen molar-refractivity contribution in [2.75, 3.05) is 44.7 Å². The molecule has 5 rings (SSSR count). The Morgan fingerprint density at radius 1 is 0.969 bits per heavy atom. The summed E-state index contributed by atoms with van der Waals surface area (Å²) in [6.45, 7) is 5.57. The van der Waals surface area contributed by atoms with Gasteiger partial charge in [-0.25, -0.2) is 9.97 Å². The molecule has 2 aromatic carbocycles. The SMILES string of the molecule is Clc1ccccc1-n1cc(-c2ccccc2)c2c(NCCCN3CCOCC3)ncnc21. The van der Waals surface area contributed by atoms with Crippen LogP contribution in [0.3, 0.4) is 0 Å². The molecule has 1 aliphatic heterocycles. The van der Waals surface area contributed by atoms with Gasteiger partial charge in [0.1, 0.15) is 12.1 Å². The van der Waals surface area contributed by atoms with Crippen molar-refractivity contribution in [3.63, 3.8) is 0 Å². The topological polar surface area (TPSA) is 55.2 Å². The van der Waals surface area contributed by atoms with Crippen LogP contribution in [-0.2, 0) is 4.74 Å². The highest BCUT2D eigenvalue weighted by Crippen LogP contribution is 2.36. The largest absolute Gasteiger partial charge is 0.379 e. The lowest BCUT2D eigenvalue weighted by molar-refractivity contribution is 0.0378. The lowest BCUT2D eigenvalue weighted by Gasteiger charge is -2.26. The number of morpholine rings is 1. The van der Waals surface area contributed by atoms with Gasteiger partial charge in [0, 0.05) is 31.4 Å². The van der Waals surface area contributed by atoms with E-state index in [4.69, 9.17) is 16.3 Å². The predicted molar refractivity (Wildman–Crippen MR) is 130 cm³/mol. The van der Waals surface area contributed by atoms with Gasteiger partial charge in [0.05, 0.1) is 29.3 Å². The lowest BCUT2D eigenvalue weighted by atomic mass is 10.1. The third kappa shape index (κ3) is 4.35. The summed E-state index contributed by atoms with van der Waals surface area (Å²) in [7, 11) is 0. The summed E-state index contributed by atoms with van der Waals surface area (Å²) in [5.74, 6) is 0.849. The first kappa shape index (κ1) is 20.9. The number of aromatic nitrogens is 3. The maximum atomic E-state index is 6.54. The van der Waals surface area contributed by atoms with E-state index < -0.39 is 0 Å². The number of hydrogen-bond acceptors (Lipinski definition) is 5. The van der Waals surface area contributed by atoms with Crippen LogP contribution in [0.2, 0.25) is 5.02 Å². The first-order valence-electron chi connectivity index (χ1n) is 11.0. The van der Waals surface area contributed by atoms with Crippen molar-refractivity contribution < 1.29 is 4.74 Å². The second-order valence-electron chi connectivity index (χ2n) is 7.89. The molecule has 0 unspecified atom stereocenters. The predicted octanol–water partition coefficient (Wildman–Crippen LogP) is 4.88. The fourth-order valence-corrected chi connectivity index (χ4v) is 4.42. The van der Waals surface area contributed by atoms with Gasteiger partial charge in [0.25, 0.3) is 0 Å². The molecule has 0 spiro atoms. The summed E-state index contributed by atoms with van der Waals surface area (Å²) in [4.78, 5) is 11.7. The molecule has 6 nitrogen and oxygen atoms in total. The number of ether oxygens (including phenoxy) is 1. The van der Waals surface area contributed by atoms with Crippen LogP contribution in [0.25, 0.3) is 27.8 Å². The van der Waals surface area contributed by atoms with Gasteiger partial charge >= 0.3 is 0 Å². The quantitative estimate of drug-likeness (QED) is 0.409. The molecule has 0 amide bonds. The number of nitrogens with zero attached hydrogens (tertiary/aromatic N) is 4. The molecule has 0 radical (unpaired) electrons. The standard InChI is InChI=1S/C25H26ClN5O/c26-21-9-4-5-10-22(21)31-17-20(19-7-2-1-3-8-19)23-24(28-18-29-25(23)31)27-11-6-12-30-13-15-32-16-14-30/h1-5,7-10,17-18H,6,11-16H2,(H,27,28,29). The average Bonchev–Trinajstić information content (AvgIpc) is 3.24. The van der Waals surface area contributed by atoms with E-state index >= 15 is 0 Å². The molecule has 1 N–H and O–H groups in total. The Balaban J connectivity index is 1.49. The Hall–Kier alpha value is -2.93. The summed E-state index contributed by atoms with van der Waals surface area (Å²) in [6, 6.07) is 18.2. The maximum absolute atomic E-state index is 6.54. The molecular weight excluding hydrogens is 422 g/mol. The molecule has 7 heteroatoms. The molecule has 4 aromatic rings. The van der Waals surface area contributed by atoms with Gasteiger partial charge in [0.2, 0.25) is 0 Å². The van der Waals surface area contributed by atoms with Crippen LogP contribution in [0, 0.1) is 0 Å². The van der Waals surface area contributed by atoms with Crippen molar-refractivity contribution in [2.45, 2.75) is 6.42 Å². The number of hydrogen-bond donors (Lipinski definition) is 1. The molecule has 0 aliphatic carbocycles. The molecule has 1 saturated heterocycles. The van der Waals surface area contributed by atoms with E-state index in [0.717, 1.165) is 79.5 Å². The van der Waals surface area contributed by atoms with Gasteiger partial charge in [-0.1, -0.05) is 54.1 Å². The fraction of sp³-hybridized carbons (Fsp3) is 0.280.